The first-order valence-electron chi connectivity index (χ1n) is 9.25. The highest BCUT2D eigenvalue weighted by Crippen LogP contribution is 2.28. The van der Waals surface area contributed by atoms with E-state index in [-0.39, 0.29) is 25.0 Å². The van der Waals surface area contributed by atoms with E-state index in [1.165, 1.54) is 4.90 Å². The van der Waals surface area contributed by atoms with Crippen molar-refractivity contribution in [2.75, 3.05) is 13.2 Å². The van der Waals surface area contributed by atoms with Crippen LogP contribution >= 0.6 is 0 Å². The lowest BCUT2D eigenvalue weighted by Gasteiger charge is -2.14. The van der Waals surface area contributed by atoms with Crippen LogP contribution in [0.25, 0.3) is 10.9 Å². The van der Waals surface area contributed by atoms with Crippen molar-refractivity contribution in [3.05, 3.63) is 70.4 Å². The lowest BCUT2D eigenvalue weighted by atomic mass is 10.0. The number of nitrogens with zero attached hydrogens (tertiary/aromatic N) is 1. The van der Waals surface area contributed by atoms with E-state index >= 15 is 0 Å². The fraction of sp³-hybridized carbons (Fsp3) is 0.227. The van der Waals surface area contributed by atoms with E-state index in [4.69, 9.17) is 4.74 Å². The molecule has 6 nitrogen and oxygen atoms in total. The Morgan fingerprint density at radius 1 is 1.04 bits per heavy atom. The van der Waals surface area contributed by atoms with E-state index < -0.39 is 5.97 Å². The second-order valence-electron chi connectivity index (χ2n) is 6.75. The topological polar surface area (TPSA) is 79.5 Å². The zero-order valence-electron chi connectivity index (χ0n) is 15.7. The molecular weight excluding hydrogens is 356 g/mol. The van der Waals surface area contributed by atoms with Crippen LogP contribution in [0.4, 0.5) is 0 Å². The second kappa shape index (κ2) is 6.96. The van der Waals surface area contributed by atoms with Gasteiger partial charge in [0.25, 0.3) is 11.8 Å². The Morgan fingerprint density at radius 3 is 2.36 bits per heavy atom. The van der Waals surface area contributed by atoms with Crippen molar-refractivity contribution in [1.29, 1.82) is 0 Å². The minimum absolute atomic E-state index is 0.194. The minimum Gasteiger partial charge on any atom is -0.461 e. The lowest BCUT2D eigenvalue weighted by Crippen LogP contribution is -2.32. The molecule has 0 radical (unpaired) electrons. The number of hydrogen-bond acceptors (Lipinski definition) is 4. The maximum Gasteiger partial charge on any atom is 0.355 e. The maximum atomic E-state index is 12.6. The summed E-state index contributed by atoms with van der Waals surface area (Å²) in [6, 6.07) is 12.6. The summed E-state index contributed by atoms with van der Waals surface area (Å²) >= 11 is 0. The lowest BCUT2D eigenvalue weighted by molar-refractivity contribution is 0.0519. The van der Waals surface area contributed by atoms with Gasteiger partial charge in [-0.1, -0.05) is 30.3 Å². The number of aromatic nitrogens is 1. The Hall–Kier alpha value is -3.41. The number of aryl methyl sites for hydroxylation is 1. The Labute approximate surface area is 162 Å². The molecule has 2 amide bonds. The molecule has 3 aromatic rings. The molecule has 6 heteroatoms. The first-order valence-corrected chi connectivity index (χ1v) is 9.25. The molecule has 0 atom stereocenters. The highest BCUT2D eigenvalue weighted by Gasteiger charge is 2.35. The summed E-state index contributed by atoms with van der Waals surface area (Å²) in [6.07, 6.45) is 0.364. The van der Waals surface area contributed by atoms with Gasteiger partial charge in [0.05, 0.1) is 17.7 Å². The monoisotopic (exact) mass is 376 g/mol. The second-order valence-corrected chi connectivity index (χ2v) is 6.75. The van der Waals surface area contributed by atoms with E-state index in [1.54, 1.807) is 31.2 Å². The average molecular weight is 376 g/mol. The van der Waals surface area contributed by atoms with Crippen LogP contribution in [0.2, 0.25) is 0 Å². The number of nitrogens with one attached hydrogen (secondary N) is 1. The number of fused-ring (bicyclic) bond motifs is 2. The summed E-state index contributed by atoms with van der Waals surface area (Å²) in [7, 11) is 0. The summed E-state index contributed by atoms with van der Waals surface area (Å²) < 4.78 is 5.19. The van der Waals surface area contributed by atoms with Gasteiger partial charge in [-0.15, -0.1) is 0 Å². The number of hydrogen-bond donors (Lipinski definition) is 1. The molecule has 142 valence electrons. The van der Waals surface area contributed by atoms with Crippen LogP contribution in [0.15, 0.2) is 42.5 Å². The molecule has 2 aromatic carbocycles. The SMILES string of the molecule is CCOC(=O)c1[nH]c2c(C)cccc2c1CCN1C(=O)c2ccccc2C1=O. The molecule has 1 aliphatic rings. The van der Waals surface area contributed by atoms with Crippen LogP contribution in [0.1, 0.15) is 49.3 Å². The number of imide groups is 1. The highest BCUT2D eigenvalue weighted by molar-refractivity contribution is 6.21. The van der Waals surface area contributed by atoms with Gasteiger partial charge in [-0.3, -0.25) is 14.5 Å². The molecule has 0 aliphatic carbocycles. The first kappa shape index (κ1) is 18.0. The summed E-state index contributed by atoms with van der Waals surface area (Å²) in [4.78, 5) is 42.1. The maximum absolute atomic E-state index is 12.6. The number of amides is 2. The van der Waals surface area contributed by atoms with Crippen molar-refractivity contribution in [2.45, 2.75) is 20.3 Å². The van der Waals surface area contributed by atoms with Crippen molar-refractivity contribution in [2.24, 2.45) is 0 Å². The predicted molar refractivity (Wildman–Crippen MR) is 105 cm³/mol. The number of aromatic amines is 1. The summed E-state index contributed by atoms with van der Waals surface area (Å²) in [5.74, 6) is -1.03. The van der Waals surface area contributed by atoms with Crippen LogP contribution in [0.5, 0.6) is 0 Å². The molecule has 4 rings (SSSR count). The largest absolute Gasteiger partial charge is 0.461 e. The Morgan fingerprint density at radius 2 is 1.71 bits per heavy atom. The summed E-state index contributed by atoms with van der Waals surface area (Å²) in [5, 5.41) is 0.902. The number of esters is 1. The Balaban J connectivity index is 1.68. The molecule has 28 heavy (non-hydrogen) atoms. The Kier molecular flexibility index (Phi) is 4.47. The number of para-hydroxylation sites is 1. The molecule has 0 unspecified atom stereocenters. The third-order valence-electron chi connectivity index (χ3n) is 5.09. The molecule has 0 saturated heterocycles. The van der Waals surface area contributed by atoms with Crippen LogP contribution < -0.4 is 0 Å². The predicted octanol–water partition coefficient (Wildman–Crippen LogP) is 3.49. The minimum atomic E-state index is -0.435. The van der Waals surface area contributed by atoms with E-state index in [0.717, 1.165) is 22.0 Å². The number of carbonyl (C=O) groups is 3. The number of ether oxygens (including phenoxy) is 1. The van der Waals surface area contributed by atoms with E-state index in [1.807, 2.05) is 25.1 Å². The van der Waals surface area contributed by atoms with Crippen molar-refractivity contribution in [3.8, 4) is 0 Å². The quantitative estimate of drug-likeness (QED) is 0.546. The van der Waals surface area contributed by atoms with Gasteiger partial charge in [0.1, 0.15) is 5.69 Å². The number of carbonyl (C=O) groups excluding carboxylic acids is 3. The van der Waals surface area contributed by atoms with Crippen molar-refractivity contribution in [1.82, 2.24) is 9.88 Å². The van der Waals surface area contributed by atoms with Gasteiger partial charge in [0.15, 0.2) is 0 Å². The molecule has 0 spiro atoms. The average Bonchev–Trinajstić information content (AvgIpc) is 3.18. The fourth-order valence-electron chi connectivity index (χ4n) is 3.72. The fourth-order valence-corrected chi connectivity index (χ4v) is 3.72. The first-order chi connectivity index (χ1) is 13.5. The third-order valence-corrected chi connectivity index (χ3v) is 5.09. The van der Waals surface area contributed by atoms with E-state index in [9.17, 15) is 14.4 Å². The van der Waals surface area contributed by atoms with Crippen LogP contribution in [-0.4, -0.2) is 40.8 Å². The summed E-state index contributed by atoms with van der Waals surface area (Å²) in [6.45, 7) is 4.18. The standard InChI is InChI=1S/C22H20N2O4/c1-3-28-22(27)19-15(14-10-6-7-13(2)18(14)23-19)11-12-24-20(25)16-8-4-5-9-17(16)21(24)26/h4-10,23H,3,11-12H2,1-2H3. The van der Waals surface area contributed by atoms with Crippen molar-refractivity contribution < 1.29 is 19.1 Å². The van der Waals surface area contributed by atoms with E-state index in [2.05, 4.69) is 4.98 Å². The van der Waals surface area contributed by atoms with Crippen molar-refractivity contribution in [3.63, 3.8) is 0 Å². The van der Waals surface area contributed by atoms with Gasteiger partial charge in [0, 0.05) is 17.4 Å². The van der Waals surface area contributed by atoms with Gasteiger partial charge < -0.3 is 9.72 Å². The zero-order chi connectivity index (χ0) is 19.8. The molecular formula is C22H20N2O4. The molecule has 0 fully saturated rings. The molecule has 2 heterocycles. The number of rotatable bonds is 5. The van der Waals surface area contributed by atoms with Gasteiger partial charge >= 0.3 is 5.97 Å². The normalized spacial score (nSPS) is 13.3. The van der Waals surface area contributed by atoms with Gasteiger partial charge in [-0.25, -0.2) is 4.79 Å². The van der Waals surface area contributed by atoms with Gasteiger partial charge in [-0.05, 0) is 43.5 Å². The summed E-state index contributed by atoms with van der Waals surface area (Å²) in [5.41, 5.74) is 3.86. The zero-order valence-corrected chi connectivity index (χ0v) is 15.7. The molecule has 1 aliphatic heterocycles. The van der Waals surface area contributed by atoms with Crippen LogP contribution in [-0.2, 0) is 11.2 Å². The molecule has 1 N–H and O–H groups in total. The van der Waals surface area contributed by atoms with Gasteiger partial charge in [0.2, 0.25) is 0 Å². The molecule has 0 saturated carbocycles. The molecule has 0 bridgehead atoms. The smallest absolute Gasteiger partial charge is 0.355 e. The van der Waals surface area contributed by atoms with Crippen LogP contribution in [0.3, 0.4) is 0 Å². The third kappa shape index (κ3) is 2.78. The van der Waals surface area contributed by atoms with Crippen LogP contribution in [0, 0.1) is 6.92 Å². The van der Waals surface area contributed by atoms with Gasteiger partial charge in [-0.2, -0.15) is 0 Å². The highest BCUT2D eigenvalue weighted by atomic mass is 16.5. The van der Waals surface area contributed by atoms with Crippen molar-refractivity contribution >= 4 is 28.7 Å². The Bertz CT molecular complexity index is 1080. The molecule has 1 aromatic heterocycles. The number of H-pyrrole nitrogens is 1. The number of benzene rings is 2. The van der Waals surface area contributed by atoms with E-state index in [0.29, 0.717) is 23.2 Å².